The van der Waals surface area contributed by atoms with Crippen LogP contribution in [0.4, 0.5) is 8.78 Å². The van der Waals surface area contributed by atoms with E-state index in [0.717, 1.165) is 18.9 Å². The SMILES string of the molecule is CCC1(CC)CCC(=O)c2cc(F)cc(F)c21. The van der Waals surface area contributed by atoms with Crippen molar-refractivity contribution in [2.75, 3.05) is 0 Å². The highest BCUT2D eigenvalue weighted by molar-refractivity contribution is 5.99. The summed E-state index contributed by atoms with van der Waals surface area (Å²) >= 11 is 0. The van der Waals surface area contributed by atoms with Crippen LogP contribution >= 0.6 is 0 Å². The number of fused-ring (bicyclic) bond motifs is 1. The predicted octanol–water partition coefficient (Wildman–Crippen LogP) is 4.00. The maximum absolute atomic E-state index is 14.0. The first-order chi connectivity index (χ1) is 8.04. The number of rotatable bonds is 2. The lowest BCUT2D eigenvalue weighted by Crippen LogP contribution is -2.33. The van der Waals surface area contributed by atoms with Gasteiger partial charge >= 0.3 is 0 Å². The van der Waals surface area contributed by atoms with Gasteiger partial charge in [-0.2, -0.15) is 0 Å². The van der Waals surface area contributed by atoms with E-state index in [1.54, 1.807) is 0 Å². The van der Waals surface area contributed by atoms with Crippen LogP contribution in [0.2, 0.25) is 0 Å². The van der Waals surface area contributed by atoms with E-state index in [9.17, 15) is 13.6 Å². The minimum atomic E-state index is -0.669. The summed E-state index contributed by atoms with van der Waals surface area (Å²) in [6, 6.07) is 2.07. The lowest BCUT2D eigenvalue weighted by atomic mass is 9.66. The molecular formula is C14H16F2O. The predicted molar refractivity (Wildman–Crippen MR) is 62.2 cm³/mol. The Morgan fingerprint density at radius 1 is 1.24 bits per heavy atom. The molecule has 0 saturated carbocycles. The molecule has 0 heterocycles. The number of benzene rings is 1. The van der Waals surface area contributed by atoms with Gasteiger partial charge in [-0.05, 0) is 30.7 Å². The number of halogens is 2. The number of hydrogen-bond acceptors (Lipinski definition) is 1. The molecule has 1 aliphatic carbocycles. The molecule has 1 nitrogen and oxygen atoms in total. The first-order valence-corrected chi connectivity index (χ1v) is 6.07. The fraction of sp³-hybridized carbons (Fsp3) is 0.500. The van der Waals surface area contributed by atoms with E-state index in [4.69, 9.17) is 0 Å². The molecule has 0 saturated heterocycles. The van der Waals surface area contributed by atoms with Crippen molar-refractivity contribution in [2.24, 2.45) is 0 Å². The zero-order valence-corrected chi connectivity index (χ0v) is 10.1. The molecule has 1 aromatic carbocycles. The van der Waals surface area contributed by atoms with E-state index in [2.05, 4.69) is 0 Å². The molecule has 0 N–H and O–H groups in total. The minimum absolute atomic E-state index is 0.143. The zero-order valence-electron chi connectivity index (χ0n) is 10.1. The molecule has 0 bridgehead atoms. The number of carbonyl (C=O) groups is 1. The van der Waals surface area contributed by atoms with Crippen LogP contribution in [-0.4, -0.2) is 5.78 Å². The molecule has 0 amide bonds. The summed E-state index contributed by atoms with van der Waals surface area (Å²) in [5.74, 6) is -1.38. The van der Waals surface area contributed by atoms with Gasteiger partial charge in [-0.25, -0.2) is 8.78 Å². The van der Waals surface area contributed by atoms with Crippen LogP contribution in [0.5, 0.6) is 0 Å². The van der Waals surface area contributed by atoms with Crippen LogP contribution < -0.4 is 0 Å². The molecular weight excluding hydrogens is 222 g/mol. The molecule has 0 aliphatic heterocycles. The summed E-state index contributed by atoms with van der Waals surface area (Å²) in [6.45, 7) is 3.98. The molecule has 0 unspecified atom stereocenters. The van der Waals surface area contributed by atoms with Gasteiger partial charge in [0.25, 0.3) is 0 Å². The Kier molecular flexibility index (Phi) is 3.02. The van der Waals surface area contributed by atoms with Gasteiger partial charge in [-0.15, -0.1) is 0 Å². The summed E-state index contributed by atoms with van der Waals surface area (Å²) in [5, 5.41) is 0. The number of hydrogen-bond donors (Lipinski definition) is 0. The highest BCUT2D eigenvalue weighted by Crippen LogP contribution is 2.43. The molecule has 1 aliphatic rings. The zero-order chi connectivity index (χ0) is 12.6. The van der Waals surface area contributed by atoms with Gasteiger partial charge in [-0.1, -0.05) is 13.8 Å². The quantitative estimate of drug-likeness (QED) is 0.761. The van der Waals surface area contributed by atoms with Crippen molar-refractivity contribution in [3.05, 3.63) is 34.9 Å². The van der Waals surface area contributed by atoms with Gasteiger partial charge in [0.1, 0.15) is 11.6 Å². The topological polar surface area (TPSA) is 17.1 Å². The number of Topliss-reactive ketones (excluding diaryl/α,β-unsaturated/α-hetero) is 1. The average Bonchev–Trinajstić information content (AvgIpc) is 2.31. The van der Waals surface area contributed by atoms with Crippen LogP contribution in [0, 0.1) is 11.6 Å². The Morgan fingerprint density at radius 2 is 1.88 bits per heavy atom. The molecule has 0 spiro atoms. The minimum Gasteiger partial charge on any atom is -0.294 e. The lowest BCUT2D eigenvalue weighted by molar-refractivity contribution is 0.0945. The molecule has 0 radical (unpaired) electrons. The first-order valence-electron chi connectivity index (χ1n) is 6.07. The monoisotopic (exact) mass is 238 g/mol. The average molecular weight is 238 g/mol. The van der Waals surface area contributed by atoms with Crippen molar-refractivity contribution in [2.45, 2.75) is 44.9 Å². The molecule has 3 heteroatoms. The molecule has 2 rings (SSSR count). The van der Waals surface area contributed by atoms with Crippen molar-refractivity contribution in [3.63, 3.8) is 0 Å². The van der Waals surface area contributed by atoms with Crippen LogP contribution in [0.15, 0.2) is 12.1 Å². The normalized spacial score (nSPS) is 18.0. The highest BCUT2D eigenvalue weighted by Gasteiger charge is 2.39. The van der Waals surface area contributed by atoms with E-state index in [1.807, 2.05) is 13.8 Å². The third-order valence-corrected chi connectivity index (χ3v) is 4.07. The highest BCUT2D eigenvalue weighted by atomic mass is 19.1. The van der Waals surface area contributed by atoms with E-state index < -0.39 is 11.6 Å². The van der Waals surface area contributed by atoms with Gasteiger partial charge in [0.05, 0.1) is 0 Å². The molecule has 0 fully saturated rings. The van der Waals surface area contributed by atoms with Crippen molar-refractivity contribution < 1.29 is 13.6 Å². The maximum atomic E-state index is 14.0. The van der Waals surface area contributed by atoms with Crippen LogP contribution in [0.3, 0.4) is 0 Å². The lowest BCUT2D eigenvalue weighted by Gasteiger charge is -2.37. The maximum Gasteiger partial charge on any atom is 0.163 e. The van der Waals surface area contributed by atoms with Crippen molar-refractivity contribution in [1.29, 1.82) is 0 Å². The molecule has 0 aromatic heterocycles. The van der Waals surface area contributed by atoms with Crippen LogP contribution in [0.25, 0.3) is 0 Å². The van der Waals surface area contributed by atoms with Gasteiger partial charge in [0.2, 0.25) is 0 Å². The van der Waals surface area contributed by atoms with Crippen molar-refractivity contribution in [1.82, 2.24) is 0 Å². The van der Waals surface area contributed by atoms with Crippen LogP contribution in [0.1, 0.15) is 55.5 Å². The number of ketones is 1. The largest absolute Gasteiger partial charge is 0.294 e. The summed E-state index contributed by atoms with van der Waals surface area (Å²) in [6.07, 6.45) is 2.59. The third-order valence-electron chi connectivity index (χ3n) is 4.07. The Bertz CT molecular complexity index is 462. The molecule has 1 aromatic rings. The standard InChI is InChI=1S/C14H16F2O/c1-3-14(4-2)6-5-12(17)10-7-9(15)8-11(16)13(10)14/h7-8H,3-6H2,1-2H3. The Labute approximate surface area is 99.8 Å². The smallest absolute Gasteiger partial charge is 0.163 e. The number of carbonyl (C=O) groups excluding carboxylic acids is 1. The Balaban J connectivity index is 2.71. The van der Waals surface area contributed by atoms with Gasteiger partial charge in [-0.3, -0.25) is 4.79 Å². The molecule has 92 valence electrons. The second kappa shape index (κ2) is 4.21. The molecule has 0 atom stereocenters. The second-order valence-corrected chi connectivity index (χ2v) is 4.72. The summed E-state index contributed by atoms with van der Waals surface area (Å²) in [4.78, 5) is 11.8. The van der Waals surface area contributed by atoms with Gasteiger partial charge in [0.15, 0.2) is 5.78 Å². The van der Waals surface area contributed by atoms with Gasteiger partial charge < -0.3 is 0 Å². The summed E-state index contributed by atoms with van der Waals surface area (Å²) in [5.41, 5.74) is 0.374. The fourth-order valence-electron chi connectivity index (χ4n) is 2.90. The Morgan fingerprint density at radius 3 is 2.47 bits per heavy atom. The van der Waals surface area contributed by atoms with E-state index in [0.29, 0.717) is 18.4 Å². The van der Waals surface area contributed by atoms with Gasteiger partial charge in [0, 0.05) is 23.6 Å². The summed E-state index contributed by atoms with van der Waals surface area (Å²) < 4.78 is 27.2. The third kappa shape index (κ3) is 1.78. The fourth-order valence-corrected chi connectivity index (χ4v) is 2.90. The first kappa shape index (κ1) is 12.2. The second-order valence-electron chi connectivity index (χ2n) is 4.72. The van der Waals surface area contributed by atoms with Crippen molar-refractivity contribution >= 4 is 5.78 Å². The Hall–Kier alpha value is -1.25. The van der Waals surface area contributed by atoms with Crippen LogP contribution in [-0.2, 0) is 5.41 Å². The van der Waals surface area contributed by atoms with E-state index in [-0.39, 0.29) is 16.8 Å². The van der Waals surface area contributed by atoms with E-state index in [1.165, 1.54) is 6.07 Å². The molecule has 17 heavy (non-hydrogen) atoms. The summed E-state index contributed by atoms with van der Waals surface area (Å²) in [7, 11) is 0. The van der Waals surface area contributed by atoms with Crippen molar-refractivity contribution in [3.8, 4) is 0 Å². The van der Waals surface area contributed by atoms with E-state index >= 15 is 0 Å².